The van der Waals surface area contributed by atoms with Gasteiger partial charge in [-0.1, -0.05) is 12.1 Å². The SMILES string of the molecule is Cc1cnc([C@@H](C)n2cnc3cccc(C)c3c2=O)[nH]1. The van der Waals surface area contributed by atoms with E-state index in [9.17, 15) is 4.79 Å². The van der Waals surface area contributed by atoms with E-state index in [1.807, 2.05) is 39.0 Å². The lowest BCUT2D eigenvalue weighted by molar-refractivity contribution is 0.580. The summed E-state index contributed by atoms with van der Waals surface area (Å²) in [5.74, 6) is 0.763. The summed E-state index contributed by atoms with van der Waals surface area (Å²) < 4.78 is 1.62. The number of aromatic nitrogens is 4. The van der Waals surface area contributed by atoms with Gasteiger partial charge in [-0.15, -0.1) is 0 Å². The normalized spacial score (nSPS) is 12.8. The van der Waals surface area contributed by atoms with Gasteiger partial charge in [-0.05, 0) is 32.4 Å². The number of fused-ring (bicyclic) bond motifs is 1. The molecule has 5 nitrogen and oxygen atoms in total. The van der Waals surface area contributed by atoms with Crippen LogP contribution in [0.2, 0.25) is 0 Å². The minimum atomic E-state index is -0.173. The van der Waals surface area contributed by atoms with Gasteiger partial charge in [-0.25, -0.2) is 9.97 Å². The van der Waals surface area contributed by atoms with Crippen LogP contribution in [-0.4, -0.2) is 19.5 Å². The second-order valence-corrected chi connectivity index (χ2v) is 5.05. The highest BCUT2D eigenvalue weighted by Crippen LogP contribution is 2.16. The Balaban J connectivity index is 2.20. The molecule has 0 radical (unpaired) electrons. The molecular formula is C15H16N4O. The summed E-state index contributed by atoms with van der Waals surface area (Å²) >= 11 is 0. The summed E-state index contributed by atoms with van der Waals surface area (Å²) in [6.07, 6.45) is 3.35. The Hall–Kier alpha value is -2.43. The highest BCUT2D eigenvalue weighted by atomic mass is 16.1. The molecule has 0 saturated heterocycles. The van der Waals surface area contributed by atoms with Crippen LogP contribution in [0.5, 0.6) is 0 Å². The molecule has 1 atom stereocenters. The van der Waals surface area contributed by atoms with Crippen molar-refractivity contribution < 1.29 is 0 Å². The summed E-state index contributed by atoms with van der Waals surface area (Å²) in [7, 11) is 0. The molecule has 0 amide bonds. The molecule has 0 aliphatic heterocycles. The predicted molar refractivity (Wildman–Crippen MR) is 77.9 cm³/mol. The number of imidazole rings is 1. The van der Waals surface area contributed by atoms with Crippen LogP contribution >= 0.6 is 0 Å². The number of nitrogens with one attached hydrogen (secondary N) is 1. The zero-order valence-corrected chi connectivity index (χ0v) is 11.7. The number of rotatable bonds is 2. The third kappa shape index (κ3) is 1.91. The van der Waals surface area contributed by atoms with Gasteiger partial charge in [0.15, 0.2) is 0 Å². The molecule has 0 spiro atoms. The summed E-state index contributed by atoms with van der Waals surface area (Å²) in [4.78, 5) is 24.5. The highest BCUT2D eigenvalue weighted by molar-refractivity contribution is 5.80. The van der Waals surface area contributed by atoms with E-state index >= 15 is 0 Å². The fourth-order valence-electron chi connectivity index (χ4n) is 2.40. The molecule has 3 aromatic rings. The zero-order valence-electron chi connectivity index (χ0n) is 11.7. The van der Waals surface area contributed by atoms with Crippen LogP contribution < -0.4 is 5.56 Å². The van der Waals surface area contributed by atoms with Crippen LogP contribution in [0, 0.1) is 13.8 Å². The van der Waals surface area contributed by atoms with Crippen LogP contribution in [0.25, 0.3) is 10.9 Å². The number of benzene rings is 1. The number of aromatic amines is 1. The summed E-state index contributed by atoms with van der Waals surface area (Å²) in [5, 5.41) is 0.671. The van der Waals surface area contributed by atoms with Crippen LogP contribution in [0.15, 0.2) is 35.5 Å². The number of nitrogens with zero attached hydrogens (tertiary/aromatic N) is 3. The summed E-state index contributed by atoms with van der Waals surface area (Å²) in [5.41, 5.74) is 2.62. The number of H-pyrrole nitrogens is 1. The van der Waals surface area contributed by atoms with Crippen molar-refractivity contribution in [2.45, 2.75) is 26.8 Å². The molecule has 3 rings (SSSR count). The Labute approximate surface area is 116 Å². The minimum Gasteiger partial charge on any atom is -0.344 e. The van der Waals surface area contributed by atoms with E-state index in [2.05, 4.69) is 15.0 Å². The quantitative estimate of drug-likeness (QED) is 0.776. The van der Waals surface area contributed by atoms with Gasteiger partial charge in [-0.2, -0.15) is 0 Å². The molecule has 0 bridgehead atoms. The first-order valence-electron chi connectivity index (χ1n) is 6.56. The van der Waals surface area contributed by atoms with Gasteiger partial charge < -0.3 is 4.98 Å². The first-order valence-corrected chi connectivity index (χ1v) is 6.56. The maximum Gasteiger partial charge on any atom is 0.262 e. The van der Waals surface area contributed by atoms with Crippen molar-refractivity contribution in [1.29, 1.82) is 0 Å². The van der Waals surface area contributed by atoms with Gasteiger partial charge >= 0.3 is 0 Å². The van der Waals surface area contributed by atoms with Crippen LogP contribution in [-0.2, 0) is 0 Å². The van der Waals surface area contributed by atoms with Gasteiger partial charge in [0.25, 0.3) is 5.56 Å². The van der Waals surface area contributed by atoms with E-state index in [4.69, 9.17) is 0 Å². The molecule has 0 fully saturated rings. The molecule has 1 aromatic carbocycles. The van der Waals surface area contributed by atoms with E-state index in [-0.39, 0.29) is 11.6 Å². The lowest BCUT2D eigenvalue weighted by Crippen LogP contribution is -2.25. The molecule has 1 N–H and O–H groups in total. The fourth-order valence-corrected chi connectivity index (χ4v) is 2.40. The minimum absolute atomic E-state index is 0.0327. The molecule has 2 heterocycles. The maximum atomic E-state index is 12.7. The van der Waals surface area contributed by atoms with Crippen molar-refractivity contribution in [3.05, 3.63) is 58.2 Å². The largest absolute Gasteiger partial charge is 0.344 e. The zero-order chi connectivity index (χ0) is 14.3. The second kappa shape index (κ2) is 4.59. The predicted octanol–water partition coefficient (Wildman–Crippen LogP) is 2.35. The molecule has 0 aliphatic carbocycles. The van der Waals surface area contributed by atoms with Crippen molar-refractivity contribution in [1.82, 2.24) is 19.5 Å². The van der Waals surface area contributed by atoms with E-state index in [1.165, 1.54) is 0 Å². The second-order valence-electron chi connectivity index (χ2n) is 5.05. The van der Waals surface area contributed by atoms with Crippen molar-refractivity contribution in [2.75, 3.05) is 0 Å². The summed E-state index contributed by atoms with van der Waals surface area (Å²) in [6, 6.07) is 5.52. The monoisotopic (exact) mass is 268 g/mol. The topological polar surface area (TPSA) is 63.6 Å². The third-order valence-electron chi connectivity index (χ3n) is 3.56. The molecule has 5 heteroatoms. The van der Waals surface area contributed by atoms with E-state index < -0.39 is 0 Å². The van der Waals surface area contributed by atoms with E-state index in [0.29, 0.717) is 5.39 Å². The lowest BCUT2D eigenvalue weighted by Gasteiger charge is -2.13. The Morgan fingerprint density at radius 2 is 2.05 bits per heavy atom. The average molecular weight is 268 g/mol. The average Bonchev–Trinajstić information content (AvgIpc) is 2.85. The van der Waals surface area contributed by atoms with Crippen molar-refractivity contribution >= 4 is 10.9 Å². The molecule has 0 unspecified atom stereocenters. The highest BCUT2D eigenvalue weighted by Gasteiger charge is 2.15. The Morgan fingerprint density at radius 3 is 2.75 bits per heavy atom. The molecule has 0 aliphatic rings. The van der Waals surface area contributed by atoms with Gasteiger partial charge in [0.1, 0.15) is 5.82 Å². The Morgan fingerprint density at radius 1 is 1.25 bits per heavy atom. The first-order chi connectivity index (χ1) is 9.58. The van der Waals surface area contributed by atoms with Crippen molar-refractivity contribution in [3.63, 3.8) is 0 Å². The lowest BCUT2D eigenvalue weighted by atomic mass is 10.1. The molecular weight excluding hydrogens is 252 g/mol. The van der Waals surface area contributed by atoms with Gasteiger partial charge in [-0.3, -0.25) is 9.36 Å². The van der Waals surface area contributed by atoms with E-state index in [1.54, 1.807) is 17.1 Å². The smallest absolute Gasteiger partial charge is 0.262 e. The molecule has 2 aromatic heterocycles. The van der Waals surface area contributed by atoms with Crippen molar-refractivity contribution in [3.8, 4) is 0 Å². The molecule has 20 heavy (non-hydrogen) atoms. The van der Waals surface area contributed by atoms with Crippen LogP contribution in [0.1, 0.15) is 30.0 Å². The number of aryl methyl sites for hydroxylation is 2. The van der Waals surface area contributed by atoms with Gasteiger partial charge in [0.2, 0.25) is 0 Å². The van der Waals surface area contributed by atoms with E-state index in [0.717, 1.165) is 22.6 Å². The van der Waals surface area contributed by atoms with Crippen LogP contribution in [0.4, 0.5) is 0 Å². The molecule has 0 saturated carbocycles. The number of hydrogen-bond acceptors (Lipinski definition) is 3. The van der Waals surface area contributed by atoms with Crippen molar-refractivity contribution in [2.24, 2.45) is 0 Å². The summed E-state index contributed by atoms with van der Waals surface area (Å²) in [6.45, 7) is 5.80. The standard InChI is InChI=1S/C15H16N4O/c1-9-5-4-6-12-13(9)15(20)19(8-17-12)11(3)14-16-7-10(2)18-14/h4-8,11H,1-3H3,(H,16,18)/t11-/m1/s1. The first kappa shape index (κ1) is 12.6. The molecule has 102 valence electrons. The van der Waals surface area contributed by atoms with Crippen LogP contribution in [0.3, 0.4) is 0 Å². The maximum absolute atomic E-state index is 12.7. The van der Waals surface area contributed by atoms with Gasteiger partial charge in [0.05, 0.1) is 23.3 Å². The van der Waals surface area contributed by atoms with Gasteiger partial charge in [0, 0.05) is 11.9 Å². The fraction of sp³-hybridized carbons (Fsp3) is 0.267. The Bertz CT molecular complexity index is 831. The number of hydrogen-bond donors (Lipinski definition) is 1. The Kier molecular flexibility index (Phi) is 2.89. The third-order valence-corrected chi connectivity index (χ3v) is 3.56.